The number of fused-ring (bicyclic) bond motifs is 1. The van der Waals surface area contributed by atoms with Gasteiger partial charge in [-0.05, 0) is 42.7 Å². The van der Waals surface area contributed by atoms with Crippen LogP contribution < -0.4 is 15.4 Å². The zero-order valence-electron chi connectivity index (χ0n) is 17.9. The minimum absolute atomic E-state index is 0.0685. The molecule has 0 bridgehead atoms. The topological polar surface area (TPSA) is 86.3 Å². The summed E-state index contributed by atoms with van der Waals surface area (Å²) in [5.74, 6) is 1.42. The maximum atomic E-state index is 11.6. The molecule has 4 aromatic rings. The normalized spacial score (nSPS) is 14.6. The summed E-state index contributed by atoms with van der Waals surface area (Å²) in [4.78, 5) is 23.2. The Balaban J connectivity index is 1.66. The van der Waals surface area contributed by atoms with Crippen molar-refractivity contribution in [3.63, 3.8) is 0 Å². The molecule has 0 spiro atoms. The lowest BCUT2D eigenvalue weighted by atomic mass is 9.96. The maximum Gasteiger partial charge on any atom is 0.220 e. The third kappa shape index (κ3) is 3.56. The van der Waals surface area contributed by atoms with E-state index in [0.717, 1.165) is 65.3 Å². The summed E-state index contributed by atoms with van der Waals surface area (Å²) in [5.41, 5.74) is 9.55. The molecule has 2 aromatic heterocycles. The monoisotopic (exact) mass is 427 g/mol. The number of hydrogen-bond acceptors (Lipinski definition) is 5. The lowest BCUT2D eigenvalue weighted by molar-refractivity contribution is -0.122. The summed E-state index contributed by atoms with van der Waals surface area (Å²) >= 11 is 0. The van der Waals surface area contributed by atoms with Crippen LogP contribution in [0.2, 0.25) is 0 Å². The molecule has 7 heteroatoms. The van der Waals surface area contributed by atoms with E-state index in [1.54, 1.807) is 13.4 Å². The van der Waals surface area contributed by atoms with E-state index in [1.165, 1.54) is 0 Å². The van der Waals surface area contributed by atoms with Crippen LogP contribution in [0.15, 0.2) is 67.1 Å². The molecule has 1 aliphatic rings. The minimum atomic E-state index is -0.215. The van der Waals surface area contributed by atoms with E-state index in [0.29, 0.717) is 0 Å². The van der Waals surface area contributed by atoms with E-state index in [2.05, 4.69) is 37.8 Å². The van der Waals surface area contributed by atoms with Gasteiger partial charge in [-0.3, -0.25) is 4.79 Å². The average Bonchev–Trinajstić information content (AvgIpc) is 3.24. The summed E-state index contributed by atoms with van der Waals surface area (Å²) in [6, 6.07) is 18.2. The van der Waals surface area contributed by atoms with Crippen LogP contribution in [0.5, 0.6) is 5.75 Å². The molecule has 1 aliphatic heterocycles. The van der Waals surface area contributed by atoms with Crippen molar-refractivity contribution in [1.29, 1.82) is 0 Å². The first-order valence-corrected chi connectivity index (χ1v) is 10.8. The van der Waals surface area contributed by atoms with Crippen LogP contribution in [-0.2, 0) is 4.79 Å². The number of nitrogens with two attached hydrogens (primary N) is 1. The number of methoxy groups -OCH3 is 1. The number of benzene rings is 2. The van der Waals surface area contributed by atoms with Gasteiger partial charge in [-0.1, -0.05) is 30.3 Å². The number of primary amides is 1. The molecule has 0 atom stereocenters. The van der Waals surface area contributed by atoms with Crippen molar-refractivity contribution < 1.29 is 9.53 Å². The van der Waals surface area contributed by atoms with Gasteiger partial charge >= 0.3 is 0 Å². The summed E-state index contributed by atoms with van der Waals surface area (Å²) in [7, 11) is 1.66. The molecular formula is C25H25N5O2. The lowest BCUT2D eigenvalue weighted by Gasteiger charge is -2.31. The van der Waals surface area contributed by atoms with Crippen LogP contribution in [0, 0.1) is 5.92 Å². The molecule has 0 saturated carbocycles. The Morgan fingerprint density at radius 1 is 1.03 bits per heavy atom. The molecule has 0 unspecified atom stereocenters. The summed E-state index contributed by atoms with van der Waals surface area (Å²) < 4.78 is 7.41. The lowest BCUT2D eigenvalue weighted by Crippen LogP contribution is -2.39. The van der Waals surface area contributed by atoms with Crippen molar-refractivity contribution in [2.24, 2.45) is 11.7 Å². The first kappa shape index (κ1) is 20.1. The molecule has 0 aliphatic carbocycles. The van der Waals surface area contributed by atoms with Crippen molar-refractivity contribution in [3.05, 3.63) is 67.1 Å². The van der Waals surface area contributed by atoms with Crippen molar-refractivity contribution in [3.8, 4) is 22.6 Å². The Labute approximate surface area is 186 Å². The molecule has 2 N–H and O–H groups in total. The standard InChI is InChI=1S/C25H25N5O2/c1-32-20-9-7-19(8-10-20)30-15-21(17-5-3-2-4-6-17)22-24(27-16-28-25(22)30)29-13-11-18(12-14-29)23(26)31/h2-10,15-16,18H,11-14H2,1H3,(H2,26,31). The zero-order valence-corrected chi connectivity index (χ0v) is 17.9. The third-order valence-corrected chi connectivity index (χ3v) is 6.20. The third-order valence-electron chi connectivity index (χ3n) is 6.20. The minimum Gasteiger partial charge on any atom is -0.497 e. The SMILES string of the molecule is COc1ccc(-n2cc(-c3ccccc3)c3c(N4CCC(C(N)=O)CC4)ncnc32)cc1. The number of carbonyl (C=O) groups excluding carboxylic acids is 1. The van der Waals surface area contributed by atoms with Gasteiger partial charge in [0.15, 0.2) is 5.65 Å². The fraction of sp³-hybridized carbons (Fsp3) is 0.240. The molecule has 1 amide bonds. The molecule has 2 aromatic carbocycles. The first-order chi connectivity index (χ1) is 15.7. The summed E-state index contributed by atoms with van der Waals surface area (Å²) in [6.07, 6.45) is 5.21. The Morgan fingerprint density at radius 2 is 1.75 bits per heavy atom. The van der Waals surface area contributed by atoms with E-state index < -0.39 is 0 Å². The van der Waals surface area contributed by atoms with Crippen LogP contribution in [0.25, 0.3) is 27.8 Å². The fourth-order valence-corrected chi connectivity index (χ4v) is 4.44. The number of rotatable bonds is 5. The predicted octanol–water partition coefficient (Wildman–Crippen LogP) is 3.80. The van der Waals surface area contributed by atoms with E-state index in [1.807, 2.05) is 42.5 Å². The fourth-order valence-electron chi connectivity index (χ4n) is 4.44. The molecule has 162 valence electrons. The second-order valence-electron chi connectivity index (χ2n) is 8.04. The van der Waals surface area contributed by atoms with Gasteiger partial charge in [-0.2, -0.15) is 0 Å². The van der Waals surface area contributed by atoms with Gasteiger partial charge < -0.3 is 19.9 Å². The van der Waals surface area contributed by atoms with Crippen LogP contribution in [0.3, 0.4) is 0 Å². The number of aromatic nitrogens is 3. The van der Waals surface area contributed by atoms with E-state index in [9.17, 15) is 4.79 Å². The smallest absolute Gasteiger partial charge is 0.220 e. The highest BCUT2D eigenvalue weighted by Gasteiger charge is 2.27. The van der Waals surface area contributed by atoms with Crippen LogP contribution in [-0.4, -0.2) is 40.6 Å². The van der Waals surface area contributed by atoms with Crippen LogP contribution >= 0.6 is 0 Å². The first-order valence-electron chi connectivity index (χ1n) is 10.8. The second-order valence-corrected chi connectivity index (χ2v) is 8.04. The summed E-state index contributed by atoms with van der Waals surface area (Å²) in [5, 5.41) is 1.01. The second kappa shape index (κ2) is 8.34. The van der Waals surface area contributed by atoms with Gasteiger partial charge in [0.05, 0.1) is 12.5 Å². The van der Waals surface area contributed by atoms with Crippen molar-refractivity contribution in [2.45, 2.75) is 12.8 Å². The number of hydrogen-bond donors (Lipinski definition) is 1. The number of carbonyl (C=O) groups is 1. The van der Waals surface area contributed by atoms with Crippen LogP contribution in [0.1, 0.15) is 12.8 Å². The van der Waals surface area contributed by atoms with Gasteiger partial charge in [-0.15, -0.1) is 0 Å². The number of piperidine rings is 1. The molecule has 1 fully saturated rings. The van der Waals surface area contributed by atoms with E-state index in [4.69, 9.17) is 10.5 Å². The summed E-state index contributed by atoms with van der Waals surface area (Å²) in [6.45, 7) is 1.48. The number of amides is 1. The zero-order chi connectivity index (χ0) is 22.1. The highest BCUT2D eigenvalue weighted by molar-refractivity contribution is 6.02. The van der Waals surface area contributed by atoms with Gasteiger partial charge in [0, 0.05) is 36.5 Å². The Kier molecular flexibility index (Phi) is 5.23. The highest BCUT2D eigenvalue weighted by Crippen LogP contribution is 2.38. The van der Waals surface area contributed by atoms with Gasteiger partial charge in [0.1, 0.15) is 17.9 Å². The highest BCUT2D eigenvalue weighted by atomic mass is 16.5. The molecule has 0 radical (unpaired) electrons. The van der Waals surface area contributed by atoms with Gasteiger partial charge in [0.25, 0.3) is 0 Å². The average molecular weight is 428 g/mol. The Bertz CT molecular complexity index is 1240. The predicted molar refractivity (Wildman–Crippen MR) is 125 cm³/mol. The van der Waals surface area contributed by atoms with Crippen LogP contribution in [0.4, 0.5) is 5.82 Å². The number of anilines is 1. The maximum absolute atomic E-state index is 11.6. The van der Waals surface area contributed by atoms with Crippen molar-refractivity contribution >= 4 is 22.8 Å². The molecule has 32 heavy (non-hydrogen) atoms. The largest absolute Gasteiger partial charge is 0.497 e. The Morgan fingerprint density at radius 3 is 2.41 bits per heavy atom. The van der Waals surface area contributed by atoms with E-state index >= 15 is 0 Å². The molecule has 1 saturated heterocycles. The molecule has 7 nitrogen and oxygen atoms in total. The molecule has 5 rings (SSSR count). The molecule has 3 heterocycles. The number of ether oxygens (including phenoxy) is 1. The van der Waals surface area contributed by atoms with E-state index in [-0.39, 0.29) is 11.8 Å². The van der Waals surface area contributed by atoms with Crippen molar-refractivity contribution in [1.82, 2.24) is 14.5 Å². The number of nitrogens with zero attached hydrogens (tertiary/aromatic N) is 4. The quantitative estimate of drug-likeness (QED) is 0.524. The van der Waals surface area contributed by atoms with Gasteiger partial charge in [0.2, 0.25) is 5.91 Å². The van der Waals surface area contributed by atoms with Gasteiger partial charge in [-0.25, -0.2) is 9.97 Å². The molecular weight excluding hydrogens is 402 g/mol. The Hall–Kier alpha value is -3.87. The van der Waals surface area contributed by atoms with Crippen molar-refractivity contribution in [2.75, 3.05) is 25.1 Å².